The number of hydrogen-bond donors (Lipinski definition) is 0. The van der Waals surface area contributed by atoms with Gasteiger partial charge in [-0.15, -0.1) is 0 Å². The lowest BCUT2D eigenvalue weighted by Gasteiger charge is -2.42. The number of carbonyl (C=O) groups is 1. The first-order valence-electron chi connectivity index (χ1n) is 11.5. The van der Waals surface area contributed by atoms with Gasteiger partial charge in [0, 0.05) is 0 Å². The van der Waals surface area contributed by atoms with Crippen LogP contribution in [0.15, 0.2) is 54.6 Å². The summed E-state index contributed by atoms with van der Waals surface area (Å²) in [5.74, 6) is 0.540. The Labute approximate surface area is 176 Å². The molecule has 0 spiro atoms. The number of hydrogen-bond acceptors (Lipinski definition) is 2. The average Bonchev–Trinajstić information content (AvgIpc) is 2.77. The van der Waals surface area contributed by atoms with Crippen LogP contribution in [0, 0.1) is 11.8 Å². The first-order chi connectivity index (χ1) is 14.1. The molecule has 2 heteroatoms. The second-order valence-corrected chi connectivity index (χ2v) is 8.58. The van der Waals surface area contributed by atoms with E-state index < -0.39 is 0 Å². The molecule has 29 heavy (non-hydrogen) atoms. The minimum Gasteiger partial charge on any atom is -0.466 e. The maximum atomic E-state index is 12.4. The van der Waals surface area contributed by atoms with Crippen molar-refractivity contribution in [1.29, 1.82) is 0 Å². The molecule has 0 radical (unpaired) electrons. The van der Waals surface area contributed by atoms with E-state index in [9.17, 15) is 4.79 Å². The first-order valence-corrected chi connectivity index (χ1v) is 11.5. The Morgan fingerprint density at radius 3 is 2.14 bits per heavy atom. The van der Waals surface area contributed by atoms with Gasteiger partial charge in [-0.1, -0.05) is 74.9 Å². The molecule has 1 atom stereocenters. The summed E-state index contributed by atoms with van der Waals surface area (Å²) in [6.07, 6.45) is 7.89. The molecule has 3 rings (SSSR count). The molecule has 1 fully saturated rings. The van der Waals surface area contributed by atoms with Gasteiger partial charge in [0.25, 0.3) is 0 Å². The predicted molar refractivity (Wildman–Crippen MR) is 121 cm³/mol. The van der Waals surface area contributed by atoms with Crippen LogP contribution in [-0.2, 0) is 14.9 Å². The van der Waals surface area contributed by atoms with Gasteiger partial charge in [-0.3, -0.25) is 4.79 Å². The highest BCUT2D eigenvalue weighted by atomic mass is 16.5. The van der Waals surface area contributed by atoms with Gasteiger partial charge in [-0.25, -0.2) is 0 Å². The highest BCUT2D eigenvalue weighted by Gasteiger charge is 2.39. The highest BCUT2D eigenvalue weighted by molar-refractivity contribution is 5.72. The third kappa shape index (κ3) is 4.91. The predicted octanol–water partition coefficient (Wildman–Crippen LogP) is 7.17. The summed E-state index contributed by atoms with van der Waals surface area (Å²) in [5, 5.41) is 0. The van der Waals surface area contributed by atoms with Gasteiger partial charge in [0.15, 0.2) is 0 Å². The molecule has 0 aliphatic heterocycles. The fraction of sp³-hybridized carbons (Fsp3) is 0.519. The smallest absolute Gasteiger partial charge is 0.309 e. The third-order valence-corrected chi connectivity index (χ3v) is 6.92. The summed E-state index contributed by atoms with van der Waals surface area (Å²) in [5.41, 5.74) is 4.28. The quantitative estimate of drug-likeness (QED) is 0.445. The standard InChI is InChI=1S/C27H36O2/c1-4-18-27(19-16-23(17-20-27)25(5-2)26(28)29-6-3)24-14-12-22(13-15-24)21-10-8-7-9-11-21/h7-15,23,25H,4-6,16-20H2,1-3H3/t23-,25?,27+. The van der Waals surface area contributed by atoms with Crippen molar-refractivity contribution < 1.29 is 9.53 Å². The number of esters is 1. The number of benzene rings is 2. The van der Waals surface area contributed by atoms with Crippen molar-refractivity contribution in [3.8, 4) is 11.1 Å². The van der Waals surface area contributed by atoms with Crippen LogP contribution in [0.2, 0.25) is 0 Å². The van der Waals surface area contributed by atoms with Gasteiger partial charge in [0.2, 0.25) is 0 Å². The van der Waals surface area contributed by atoms with Crippen molar-refractivity contribution in [3.05, 3.63) is 60.2 Å². The summed E-state index contributed by atoms with van der Waals surface area (Å²) >= 11 is 0. The maximum Gasteiger partial charge on any atom is 0.309 e. The fourth-order valence-corrected chi connectivity index (χ4v) is 5.35. The van der Waals surface area contributed by atoms with Crippen LogP contribution >= 0.6 is 0 Å². The van der Waals surface area contributed by atoms with E-state index in [-0.39, 0.29) is 17.3 Å². The second-order valence-electron chi connectivity index (χ2n) is 8.58. The Morgan fingerprint density at radius 2 is 1.59 bits per heavy atom. The Hall–Kier alpha value is -2.09. The molecule has 0 aromatic heterocycles. The summed E-state index contributed by atoms with van der Waals surface area (Å²) in [7, 11) is 0. The van der Waals surface area contributed by atoms with Crippen molar-refractivity contribution in [1.82, 2.24) is 0 Å². The molecule has 0 N–H and O–H groups in total. The minimum absolute atomic E-state index is 0.00945. The molecular formula is C27H36O2. The van der Waals surface area contributed by atoms with E-state index in [0.29, 0.717) is 12.5 Å². The molecule has 2 nitrogen and oxygen atoms in total. The van der Waals surface area contributed by atoms with Crippen molar-refractivity contribution in [2.75, 3.05) is 6.61 Å². The maximum absolute atomic E-state index is 12.4. The zero-order chi connectivity index (χ0) is 20.7. The van der Waals surface area contributed by atoms with Gasteiger partial charge < -0.3 is 4.74 Å². The Kier molecular flexibility index (Phi) is 7.52. The van der Waals surface area contributed by atoms with Gasteiger partial charge in [0.05, 0.1) is 12.5 Å². The molecule has 2 aromatic rings. The molecule has 1 unspecified atom stereocenters. The van der Waals surface area contributed by atoms with Crippen molar-refractivity contribution >= 4 is 5.97 Å². The van der Waals surface area contributed by atoms with E-state index in [1.807, 2.05) is 6.92 Å². The Bertz CT molecular complexity index is 755. The van der Waals surface area contributed by atoms with Crippen LogP contribution in [0.25, 0.3) is 11.1 Å². The van der Waals surface area contributed by atoms with Crippen LogP contribution in [0.1, 0.15) is 71.3 Å². The second kappa shape index (κ2) is 10.1. The molecule has 0 saturated heterocycles. The molecule has 1 aliphatic carbocycles. The Morgan fingerprint density at radius 1 is 0.966 bits per heavy atom. The van der Waals surface area contributed by atoms with Crippen LogP contribution in [-0.4, -0.2) is 12.6 Å². The lowest BCUT2D eigenvalue weighted by Crippen LogP contribution is -2.36. The minimum atomic E-state index is 0.00945. The van der Waals surface area contributed by atoms with Crippen molar-refractivity contribution in [2.45, 2.75) is 71.1 Å². The van der Waals surface area contributed by atoms with Crippen LogP contribution in [0.5, 0.6) is 0 Å². The fourth-order valence-electron chi connectivity index (χ4n) is 5.35. The normalized spacial score (nSPS) is 22.8. The lowest BCUT2D eigenvalue weighted by molar-refractivity contribution is -0.150. The van der Waals surface area contributed by atoms with Crippen LogP contribution in [0.3, 0.4) is 0 Å². The van der Waals surface area contributed by atoms with Crippen LogP contribution in [0.4, 0.5) is 0 Å². The van der Waals surface area contributed by atoms with E-state index in [2.05, 4.69) is 68.4 Å². The molecule has 0 bridgehead atoms. The summed E-state index contributed by atoms with van der Waals surface area (Å²) in [4.78, 5) is 12.4. The van der Waals surface area contributed by atoms with Crippen molar-refractivity contribution in [3.63, 3.8) is 0 Å². The number of carbonyl (C=O) groups excluding carboxylic acids is 1. The van der Waals surface area contributed by atoms with Gasteiger partial charge >= 0.3 is 5.97 Å². The summed E-state index contributed by atoms with van der Waals surface area (Å²) in [6, 6.07) is 19.8. The molecule has 2 aromatic carbocycles. The summed E-state index contributed by atoms with van der Waals surface area (Å²) < 4.78 is 5.35. The molecule has 1 saturated carbocycles. The van der Waals surface area contributed by atoms with Gasteiger partial charge in [-0.05, 0) is 73.5 Å². The van der Waals surface area contributed by atoms with Crippen LogP contribution < -0.4 is 0 Å². The lowest BCUT2D eigenvalue weighted by atomic mass is 9.62. The molecule has 0 amide bonds. The van der Waals surface area contributed by atoms with Crippen molar-refractivity contribution in [2.24, 2.45) is 11.8 Å². The van der Waals surface area contributed by atoms with E-state index in [4.69, 9.17) is 4.74 Å². The summed E-state index contributed by atoms with van der Waals surface area (Å²) in [6.45, 7) is 6.80. The first kappa shape index (κ1) is 21.6. The van der Waals surface area contributed by atoms with Gasteiger partial charge in [0.1, 0.15) is 0 Å². The molecule has 0 heterocycles. The zero-order valence-electron chi connectivity index (χ0n) is 18.3. The zero-order valence-corrected chi connectivity index (χ0v) is 18.3. The third-order valence-electron chi connectivity index (χ3n) is 6.92. The number of ether oxygens (including phenoxy) is 1. The largest absolute Gasteiger partial charge is 0.466 e. The van der Waals surface area contributed by atoms with E-state index in [1.165, 1.54) is 42.4 Å². The van der Waals surface area contributed by atoms with E-state index in [0.717, 1.165) is 19.3 Å². The Balaban J connectivity index is 1.75. The molecular weight excluding hydrogens is 356 g/mol. The topological polar surface area (TPSA) is 26.3 Å². The monoisotopic (exact) mass is 392 g/mol. The molecule has 1 aliphatic rings. The number of rotatable bonds is 8. The highest BCUT2D eigenvalue weighted by Crippen LogP contribution is 2.47. The SMILES string of the molecule is CCC[C@]1(c2ccc(-c3ccccc3)cc2)CC[C@@H](C(CC)C(=O)OCC)CC1. The molecule has 156 valence electrons. The average molecular weight is 393 g/mol. The van der Waals surface area contributed by atoms with E-state index in [1.54, 1.807) is 0 Å². The van der Waals surface area contributed by atoms with Gasteiger partial charge in [-0.2, -0.15) is 0 Å². The van der Waals surface area contributed by atoms with E-state index >= 15 is 0 Å².